The van der Waals surface area contributed by atoms with Crippen molar-refractivity contribution in [2.24, 2.45) is 0 Å². The van der Waals surface area contributed by atoms with Crippen LogP contribution in [0.15, 0.2) is 42.0 Å². The first-order valence-electron chi connectivity index (χ1n) is 7.20. The molecule has 7 nitrogen and oxygen atoms in total. The third kappa shape index (κ3) is 4.51. The molecule has 2 aromatic rings. The summed E-state index contributed by atoms with van der Waals surface area (Å²) in [5, 5.41) is 26.2. The van der Waals surface area contributed by atoms with Gasteiger partial charge in [0.05, 0.1) is 15.6 Å². The molecule has 0 heterocycles. The second-order valence-corrected chi connectivity index (χ2v) is 5.88. The van der Waals surface area contributed by atoms with Crippen LogP contribution in [0, 0.1) is 21.4 Å². The molecule has 0 fully saturated rings. The highest BCUT2D eigenvalue weighted by Gasteiger charge is 2.15. The molecule has 0 saturated carbocycles. The lowest BCUT2D eigenvalue weighted by Gasteiger charge is -2.07. The SMILES string of the molecule is CNc1ccc(/C=C(\C#N)C(=O)Nc2ccc(Cl)cc2Cl)cc1[N+](=O)[O-]. The Morgan fingerprint density at radius 1 is 1.23 bits per heavy atom. The van der Waals surface area contributed by atoms with E-state index in [1.165, 1.54) is 30.3 Å². The Balaban J connectivity index is 2.32. The number of anilines is 2. The quantitative estimate of drug-likeness (QED) is 0.338. The van der Waals surface area contributed by atoms with Gasteiger partial charge in [-0.3, -0.25) is 14.9 Å². The lowest BCUT2D eigenvalue weighted by Crippen LogP contribution is -2.13. The van der Waals surface area contributed by atoms with Gasteiger partial charge >= 0.3 is 0 Å². The molecule has 0 saturated heterocycles. The van der Waals surface area contributed by atoms with Gasteiger partial charge in [0.2, 0.25) is 0 Å². The van der Waals surface area contributed by atoms with E-state index in [1.54, 1.807) is 25.2 Å². The van der Waals surface area contributed by atoms with Crippen LogP contribution in [0.25, 0.3) is 6.08 Å². The van der Waals surface area contributed by atoms with Crippen molar-refractivity contribution in [3.05, 3.63) is 67.7 Å². The van der Waals surface area contributed by atoms with Gasteiger partial charge in [-0.2, -0.15) is 5.26 Å². The summed E-state index contributed by atoms with van der Waals surface area (Å²) in [6, 6.07) is 10.6. The van der Waals surface area contributed by atoms with Crippen LogP contribution < -0.4 is 10.6 Å². The predicted molar refractivity (Wildman–Crippen MR) is 101 cm³/mol. The predicted octanol–water partition coefficient (Wildman–Crippen LogP) is 4.49. The van der Waals surface area contributed by atoms with Crippen LogP contribution >= 0.6 is 23.2 Å². The topological polar surface area (TPSA) is 108 Å². The number of nitrogens with zero attached hydrogens (tertiary/aromatic N) is 2. The second-order valence-electron chi connectivity index (χ2n) is 5.03. The van der Waals surface area contributed by atoms with Crippen molar-refractivity contribution in [2.75, 3.05) is 17.7 Å². The summed E-state index contributed by atoms with van der Waals surface area (Å²) in [5.41, 5.74) is 0.550. The van der Waals surface area contributed by atoms with Crippen LogP contribution in [-0.4, -0.2) is 17.9 Å². The molecule has 0 aliphatic carbocycles. The first-order chi connectivity index (χ1) is 12.3. The third-order valence-corrected chi connectivity index (χ3v) is 3.89. The van der Waals surface area contributed by atoms with E-state index in [4.69, 9.17) is 23.2 Å². The van der Waals surface area contributed by atoms with Crippen molar-refractivity contribution < 1.29 is 9.72 Å². The molecule has 0 spiro atoms. The first kappa shape index (κ1) is 19.2. The molecule has 0 aliphatic heterocycles. The van der Waals surface area contributed by atoms with Gasteiger partial charge in [-0.25, -0.2) is 0 Å². The minimum atomic E-state index is -0.697. The summed E-state index contributed by atoms with van der Waals surface area (Å²) in [5.74, 6) is -0.697. The number of benzene rings is 2. The fourth-order valence-electron chi connectivity index (χ4n) is 2.10. The number of nitriles is 1. The van der Waals surface area contributed by atoms with E-state index in [9.17, 15) is 20.2 Å². The maximum absolute atomic E-state index is 12.3. The Hall–Kier alpha value is -3.08. The van der Waals surface area contributed by atoms with Gasteiger partial charge in [0.15, 0.2) is 0 Å². The smallest absolute Gasteiger partial charge is 0.292 e. The van der Waals surface area contributed by atoms with Crippen LogP contribution in [0.1, 0.15) is 5.56 Å². The summed E-state index contributed by atoms with van der Waals surface area (Å²) in [4.78, 5) is 22.8. The Kier molecular flexibility index (Phi) is 6.17. The minimum Gasteiger partial charge on any atom is -0.383 e. The molecule has 2 rings (SSSR count). The molecular weight excluding hydrogens is 379 g/mol. The van der Waals surface area contributed by atoms with Crippen LogP contribution in [-0.2, 0) is 4.79 Å². The highest BCUT2D eigenvalue weighted by atomic mass is 35.5. The van der Waals surface area contributed by atoms with Crippen LogP contribution in [0.5, 0.6) is 0 Å². The Bertz CT molecular complexity index is 952. The normalized spacial score (nSPS) is 10.8. The van der Waals surface area contributed by atoms with Crippen molar-refractivity contribution in [1.29, 1.82) is 5.26 Å². The number of hydrogen-bond acceptors (Lipinski definition) is 5. The van der Waals surface area contributed by atoms with Gasteiger partial charge in [0.25, 0.3) is 11.6 Å². The van der Waals surface area contributed by atoms with E-state index in [1.807, 2.05) is 0 Å². The molecule has 26 heavy (non-hydrogen) atoms. The van der Waals surface area contributed by atoms with Gasteiger partial charge in [-0.05, 0) is 35.9 Å². The van der Waals surface area contributed by atoms with Crippen LogP contribution in [0.4, 0.5) is 17.1 Å². The molecule has 0 unspecified atom stereocenters. The number of carbonyl (C=O) groups excluding carboxylic acids is 1. The van der Waals surface area contributed by atoms with Crippen molar-refractivity contribution in [2.45, 2.75) is 0 Å². The number of nitro groups is 1. The molecule has 0 atom stereocenters. The fraction of sp³-hybridized carbons (Fsp3) is 0.0588. The zero-order valence-corrected chi connectivity index (χ0v) is 14.9. The number of rotatable bonds is 5. The molecule has 1 amide bonds. The highest BCUT2D eigenvalue weighted by Crippen LogP contribution is 2.27. The van der Waals surface area contributed by atoms with E-state index < -0.39 is 10.8 Å². The molecule has 0 radical (unpaired) electrons. The average molecular weight is 391 g/mol. The third-order valence-electron chi connectivity index (χ3n) is 3.34. The summed E-state index contributed by atoms with van der Waals surface area (Å²) in [6.07, 6.45) is 1.26. The van der Waals surface area contributed by atoms with Crippen molar-refractivity contribution in [1.82, 2.24) is 0 Å². The first-order valence-corrected chi connectivity index (χ1v) is 7.95. The largest absolute Gasteiger partial charge is 0.383 e. The fourth-order valence-corrected chi connectivity index (χ4v) is 2.55. The minimum absolute atomic E-state index is 0.167. The molecule has 2 aromatic carbocycles. The number of halogens is 2. The van der Waals surface area contributed by atoms with E-state index >= 15 is 0 Å². The molecule has 132 valence electrons. The zero-order chi connectivity index (χ0) is 19.3. The zero-order valence-electron chi connectivity index (χ0n) is 13.4. The average Bonchev–Trinajstić information content (AvgIpc) is 2.61. The standard InChI is InChI=1S/C17H12Cl2N4O3/c1-21-15-4-2-10(7-16(15)23(25)26)6-11(9-20)17(24)22-14-5-3-12(18)8-13(14)19/h2-8,21H,1H3,(H,22,24)/b11-6+. The Morgan fingerprint density at radius 3 is 2.50 bits per heavy atom. The van der Waals surface area contributed by atoms with Crippen LogP contribution in [0.3, 0.4) is 0 Å². The summed E-state index contributed by atoms with van der Waals surface area (Å²) < 4.78 is 0. The Morgan fingerprint density at radius 2 is 1.92 bits per heavy atom. The summed E-state index contributed by atoms with van der Waals surface area (Å²) in [6.45, 7) is 0. The maximum Gasteiger partial charge on any atom is 0.292 e. The van der Waals surface area contributed by atoms with E-state index in [2.05, 4.69) is 10.6 Å². The Labute approximate surface area is 159 Å². The maximum atomic E-state index is 12.3. The monoisotopic (exact) mass is 390 g/mol. The molecule has 0 aliphatic rings. The van der Waals surface area contributed by atoms with Crippen molar-refractivity contribution in [3.8, 4) is 6.07 Å². The van der Waals surface area contributed by atoms with Gasteiger partial charge in [-0.15, -0.1) is 0 Å². The number of amides is 1. The van der Waals surface area contributed by atoms with E-state index in [-0.39, 0.29) is 16.3 Å². The van der Waals surface area contributed by atoms with Gasteiger partial charge in [0.1, 0.15) is 17.3 Å². The second kappa shape index (κ2) is 8.34. The molecule has 0 aromatic heterocycles. The molecule has 9 heteroatoms. The lowest BCUT2D eigenvalue weighted by atomic mass is 10.1. The number of carbonyl (C=O) groups is 1. The van der Waals surface area contributed by atoms with Crippen molar-refractivity contribution in [3.63, 3.8) is 0 Å². The van der Waals surface area contributed by atoms with Crippen LogP contribution in [0.2, 0.25) is 10.0 Å². The van der Waals surface area contributed by atoms with E-state index in [0.717, 1.165) is 0 Å². The van der Waals surface area contributed by atoms with Gasteiger partial charge < -0.3 is 10.6 Å². The number of nitrogens with one attached hydrogen (secondary N) is 2. The van der Waals surface area contributed by atoms with E-state index in [0.29, 0.717) is 22.0 Å². The molecule has 0 bridgehead atoms. The van der Waals surface area contributed by atoms with Crippen molar-refractivity contribution >= 4 is 52.2 Å². The summed E-state index contributed by atoms with van der Waals surface area (Å²) >= 11 is 11.8. The molecule has 2 N–H and O–H groups in total. The highest BCUT2D eigenvalue weighted by molar-refractivity contribution is 6.36. The van der Waals surface area contributed by atoms with Gasteiger partial charge in [0, 0.05) is 18.1 Å². The summed E-state index contributed by atoms with van der Waals surface area (Å²) in [7, 11) is 1.56. The molecular formula is C17H12Cl2N4O3. The number of nitro benzene ring substituents is 1. The number of hydrogen-bond donors (Lipinski definition) is 2. The lowest BCUT2D eigenvalue weighted by molar-refractivity contribution is -0.384. The van der Waals surface area contributed by atoms with Gasteiger partial charge in [-0.1, -0.05) is 29.3 Å².